The van der Waals surface area contributed by atoms with Crippen LogP contribution in [-0.4, -0.2) is 17.9 Å². The number of fused-ring (bicyclic) bond motifs is 1. The number of hydrogen-bond donors (Lipinski definition) is 1. The fourth-order valence-electron chi connectivity index (χ4n) is 3.94. The summed E-state index contributed by atoms with van der Waals surface area (Å²) in [6.45, 7) is 2.64. The van der Waals surface area contributed by atoms with Crippen molar-refractivity contribution in [1.82, 2.24) is 4.90 Å². The van der Waals surface area contributed by atoms with Gasteiger partial charge in [0.15, 0.2) is 0 Å². The number of anilines is 1. The third-order valence-electron chi connectivity index (χ3n) is 5.47. The molecule has 1 aliphatic heterocycles. The lowest BCUT2D eigenvalue weighted by Crippen LogP contribution is -2.56. The summed E-state index contributed by atoms with van der Waals surface area (Å²) in [5.41, 5.74) is 3.08. The van der Waals surface area contributed by atoms with Gasteiger partial charge in [-0.15, -0.1) is 0 Å². The van der Waals surface area contributed by atoms with E-state index in [1.807, 2.05) is 71.6 Å². The Bertz CT molecular complexity index is 969. The summed E-state index contributed by atoms with van der Waals surface area (Å²) < 4.78 is 5.32. The SMILES string of the molecule is CCC1(c2ccc(OC)cc2)Nc2ccccc2C(=O)N1Cc1ccccc1. The molecule has 4 heteroatoms. The first-order chi connectivity index (χ1) is 13.7. The number of nitrogens with one attached hydrogen (secondary N) is 1. The lowest BCUT2D eigenvalue weighted by molar-refractivity contribution is 0.0454. The molecule has 4 nitrogen and oxygen atoms in total. The number of methoxy groups -OCH3 is 1. The van der Waals surface area contributed by atoms with Crippen LogP contribution in [0.3, 0.4) is 0 Å². The molecule has 0 aromatic heterocycles. The Kier molecular flexibility index (Phi) is 4.78. The highest BCUT2D eigenvalue weighted by atomic mass is 16.5. The molecule has 3 aromatic rings. The van der Waals surface area contributed by atoms with Crippen molar-refractivity contribution in [2.45, 2.75) is 25.6 Å². The van der Waals surface area contributed by atoms with Crippen molar-refractivity contribution in [3.63, 3.8) is 0 Å². The number of benzene rings is 3. The number of rotatable bonds is 5. The Morgan fingerprint density at radius 1 is 0.929 bits per heavy atom. The van der Waals surface area contributed by atoms with E-state index in [0.29, 0.717) is 12.1 Å². The second-order valence-electron chi connectivity index (χ2n) is 6.99. The molecular formula is C24H24N2O2. The monoisotopic (exact) mass is 372 g/mol. The van der Waals surface area contributed by atoms with E-state index in [4.69, 9.17) is 4.74 Å². The zero-order valence-electron chi connectivity index (χ0n) is 16.2. The van der Waals surface area contributed by atoms with E-state index in [-0.39, 0.29) is 5.91 Å². The zero-order valence-corrected chi connectivity index (χ0v) is 16.2. The van der Waals surface area contributed by atoms with E-state index in [9.17, 15) is 4.79 Å². The number of hydrogen-bond acceptors (Lipinski definition) is 3. The summed E-state index contributed by atoms with van der Waals surface area (Å²) >= 11 is 0. The van der Waals surface area contributed by atoms with Gasteiger partial charge in [-0.3, -0.25) is 4.79 Å². The van der Waals surface area contributed by atoms with Crippen LogP contribution in [0.5, 0.6) is 5.75 Å². The molecule has 1 aliphatic rings. The summed E-state index contributed by atoms with van der Waals surface area (Å²) in [6.07, 6.45) is 0.728. The molecule has 0 saturated heterocycles. The minimum absolute atomic E-state index is 0.0378. The maximum Gasteiger partial charge on any atom is 0.258 e. The van der Waals surface area contributed by atoms with Crippen molar-refractivity contribution >= 4 is 11.6 Å². The number of para-hydroxylation sites is 1. The van der Waals surface area contributed by atoms with Crippen LogP contribution in [0.4, 0.5) is 5.69 Å². The second-order valence-corrected chi connectivity index (χ2v) is 6.99. The van der Waals surface area contributed by atoms with E-state index in [0.717, 1.165) is 29.0 Å². The molecule has 1 unspecified atom stereocenters. The molecule has 1 N–H and O–H groups in total. The lowest BCUT2D eigenvalue weighted by Gasteiger charge is -2.48. The van der Waals surface area contributed by atoms with Crippen molar-refractivity contribution in [2.24, 2.45) is 0 Å². The highest BCUT2D eigenvalue weighted by Crippen LogP contribution is 2.41. The molecule has 0 radical (unpaired) electrons. The maximum atomic E-state index is 13.6. The molecule has 1 amide bonds. The largest absolute Gasteiger partial charge is 0.497 e. The molecule has 0 bridgehead atoms. The fraction of sp³-hybridized carbons (Fsp3) is 0.208. The summed E-state index contributed by atoms with van der Waals surface area (Å²) in [7, 11) is 1.66. The molecule has 1 heterocycles. The Balaban J connectivity index is 1.85. The highest BCUT2D eigenvalue weighted by molar-refractivity contribution is 6.02. The molecule has 142 valence electrons. The number of ether oxygens (including phenoxy) is 1. The average molecular weight is 372 g/mol. The molecule has 0 saturated carbocycles. The summed E-state index contributed by atoms with van der Waals surface area (Å²) in [5, 5.41) is 3.68. The van der Waals surface area contributed by atoms with Gasteiger partial charge in [0.1, 0.15) is 11.4 Å². The zero-order chi connectivity index (χ0) is 19.6. The van der Waals surface area contributed by atoms with Gasteiger partial charge in [0.2, 0.25) is 0 Å². The Hall–Kier alpha value is -3.27. The van der Waals surface area contributed by atoms with Gasteiger partial charge in [0.05, 0.1) is 12.7 Å². The van der Waals surface area contributed by atoms with Crippen LogP contribution in [0.1, 0.15) is 34.8 Å². The van der Waals surface area contributed by atoms with Crippen LogP contribution >= 0.6 is 0 Å². The molecule has 28 heavy (non-hydrogen) atoms. The Labute approximate surface area is 165 Å². The predicted octanol–water partition coefficient (Wildman–Crippen LogP) is 5.03. The van der Waals surface area contributed by atoms with Crippen molar-refractivity contribution in [2.75, 3.05) is 12.4 Å². The minimum Gasteiger partial charge on any atom is -0.497 e. The third-order valence-corrected chi connectivity index (χ3v) is 5.47. The van der Waals surface area contributed by atoms with Crippen LogP contribution in [0.15, 0.2) is 78.9 Å². The van der Waals surface area contributed by atoms with Crippen LogP contribution in [-0.2, 0) is 12.2 Å². The van der Waals surface area contributed by atoms with Gasteiger partial charge >= 0.3 is 0 Å². The van der Waals surface area contributed by atoms with Crippen LogP contribution in [0, 0.1) is 0 Å². The summed E-state index contributed by atoms with van der Waals surface area (Å²) in [5.74, 6) is 0.836. The van der Waals surface area contributed by atoms with Gasteiger partial charge in [-0.25, -0.2) is 0 Å². The van der Waals surface area contributed by atoms with Gasteiger partial charge < -0.3 is 15.0 Å². The molecule has 4 rings (SSSR count). The second kappa shape index (κ2) is 7.39. The first kappa shape index (κ1) is 18.1. The minimum atomic E-state index is -0.631. The average Bonchev–Trinajstić information content (AvgIpc) is 2.76. The first-order valence-corrected chi connectivity index (χ1v) is 9.55. The van der Waals surface area contributed by atoms with Gasteiger partial charge in [-0.2, -0.15) is 0 Å². The number of carbonyl (C=O) groups is 1. The van der Waals surface area contributed by atoms with E-state index in [2.05, 4.69) is 24.4 Å². The standard InChI is InChI=1S/C24H24N2O2/c1-3-24(19-13-15-20(28-2)16-14-19)25-22-12-8-7-11-21(22)23(27)26(24)17-18-9-5-4-6-10-18/h4-16,25H,3,17H2,1-2H3. The van der Waals surface area contributed by atoms with Gasteiger partial charge in [0, 0.05) is 12.2 Å². The van der Waals surface area contributed by atoms with Crippen LogP contribution < -0.4 is 10.1 Å². The van der Waals surface area contributed by atoms with Crippen molar-refractivity contribution in [3.05, 3.63) is 95.6 Å². The summed E-state index contributed by atoms with van der Waals surface area (Å²) in [4.78, 5) is 15.5. The topological polar surface area (TPSA) is 41.6 Å². The van der Waals surface area contributed by atoms with Crippen LogP contribution in [0.25, 0.3) is 0 Å². The Morgan fingerprint density at radius 3 is 2.29 bits per heavy atom. The lowest BCUT2D eigenvalue weighted by atomic mass is 9.89. The van der Waals surface area contributed by atoms with E-state index >= 15 is 0 Å². The van der Waals surface area contributed by atoms with Gasteiger partial charge in [-0.1, -0.05) is 61.5 Å². The first-order valence-electron chi connectivity index (χ1n) is 9.55. The number of nitrogens with zero attached hydrogens (tertiary/aromatic N) is 1. The predicted molar refractivity (Wildman–Crippen MR) is 111 cm³/mol. The number of amides is 1. The van der Waals surface area contributed by atoms with Crippen molar-refractivity contribution in [3.8, 4) is 5.75 Å². The molecule has 0 aliphatic carbocycles. The van der Waals surface area contributed by atoms with Crippen LogP contribution in [0.2, 0.25) is 0 Å². The molecule has 3 aromatic carbocycles. The normalized spacial score (nSPS) is 18.4. The Morgan fingerprint density at radius 2 is 1.61 bits per heavy atom. The highest BCUT2D eigenvalue weighted by Gasteiger charge is 2.44. The van der Waals surface area contributed by atoms with Gasteiger partial charge in [-0.05, 0) is 41.8 Å². The molecule has 1 atom stereocenters. The van der Waals surface area contributed by atoms with Gasteiger partial charge in [0.25, 0.3) is 5.91 Å². The number of carbonyl (C=O) groups excluding carboxylic acids is 1. The van der Waals surface area contributed by atoms with E-state index < -0.39 is 5.66 Å². The molecular weight excluding hydrogens is 348 g/mol. The quantitative estimate of drug-likeness (QED) is 0.683. The van der Waals surface area contributed by atoms with E-state index in [1.165, 1.54) is 0 Å². The third kappa shape index (κ3) is 3.01. The fourth-order valence-corrected chi connectivity index (χ4v) is 3.94. The molecule has 0 fully saturated rings. The smallest absolute Gasteiger partial charge is 0.258 e. The van der Waals surface area contributed by atoms with E-state index in [1.54, 1.807) is 7.11 Å². The maximum absolute atomic E-state index is 13.6. The molecule has 0 spiro atoms. The van der Waals surface area contributed by atoms with Crippen molar-refractivity contribution in [1.29, 1.82) is 0 Å². The van der Waals surface area contributed by atoms with Crippen molar-refractivity contribution < 1.29 is 9.53 Å². The summed E-state index contributed by atoms with van der Waals surface area (Å²) in [6, 6.07) is 25.8.